The van der Waals surface area contributed by atoms with E-state index < -0.39 is 0 Å². The summed E-state index contributed by atoms with van der Waals surface area (Å²) in [5, 5.41) is 6.95. The van der Waals surface area contributed by atoms with Gasteiger partial charge in [-0.3, -0.25) is 0 Å². The quantitative estimate of drug-likeness (QED) is 0.686. The highest BCUT2D eigenvalue weighted by Crippen LogP contribution is 2.32. The zero-order chi connectivity index (χ0) is 9.10. The van der Waals surface area contributed by atoms with E-state index >= 15 is 0 Å². The Morgan fingerprint density at radius 2 is 2.23 bits per heavy atom. The first-order valence-corrected chi connectivity index (χ1v) is 5.78. The van der Waals surface area contributed by atoms with Crippen molar-refractivity contribution in [2.45, 2.75) is 38.1 Å². The highest BCUT2D eigenvalue weighted by molar-refractivity contribution is 4.85. The van der Waals surface area contributed by atoms with E-state index in [4.69, 9.17) is 0 Å². The molecule has 2 fully saturated rings. The molecule has 1 aliphatic carbocycles. The third-order valence-corrected chi connectivity index (χ3v) is 3.84. The van der Waals surface area contributed by atoms with Crippen LogP contribution in [0.15, 0.2) is 0 Å². The van der Waals surface area contributed by atoms with E-state index in [1.807, 2.05) is 0 Å². The maximum absolute atomic E-state index is 3.50. The average molecular weight is 182 g/mol. The van der Waals surface area contributed by atoms with Crippen LogP contribution < -0.4 is 10.6 Å². The van der Waals surface area contributed by atoms with Gasteiger partial charge < -0.3 is 10.6 Å². The molecule has 0 aromatic heterocycles. The van der Waals surface area contributed by atoms with Crippen molar-refractivity contribution < 1.29 is 0 Å². The lowest BCUT2D eigenvalue weighted by Crippen LogP contribution is -2.39. The van der Waals surface area contributed by atoms with Gasteiger partial charge in [0, 0.05) is 6.04 Å². The fourth-order valence-corrected chi connectivity index (χ4v) is 2.66. The second kappa shape index (κ2) is 4.43. The fourth-order valence-electron chi connectivity index (χ4n) is 2.66. The first-order valence-electron chi connectivity index (χ1n) is 5.78. The van der Waals surface area contributed by atoms with E-state index in [1.54, 1.807) is 0 Å². The maximum Gasteiger partial charge on any atom is 0.00954 e. The van der Waals surface area contributed by atoms with E-state index in [0.717, 1.165) is 17.9 Å². The monoisotopic (exact) mass is 182 g/mol. The molecule has 2 heteroatoms. The van der Waals surface area contributed by atoms with Crippen molar-refractivity contribution >= 4 is 0 Å². The summed E-state index contributed by atoms with van der Waals surface area (Å²) in [5.41, 5.74) is 0. The van der Waals surface area contributed by atoms with Crippen LogP contribution >= 0.6 is 0 Å². The molecule has 0 aromatic carbocycles. The summed E-state index contributed by atoms with van der Waals surface area (Å²) in [6.45, 7) is 2.50. The topological polar surface area (TPSA) is 24.1 Å². The van der Waals surface area contributed by atoms with Gasteiger partial charge in [0.25, 0.3) is 0 Å². The molecule has 1 heterocycles. The molecule has 2 atom stereocenters. The first kappa shape index (κ1) is 9.47. The first-order chi connectivity index (χ1) is 6.40. The van der Waals surface area contributed by atoms with Crippen LogP contribution in [0.4, 0.5) is 0 Å². The van der Waals surface area contributed by atoms with Gasteiger partial charge in [-0.15, -0.1) is 0 Å². The summed E-state index contributed by atoms with van der Waals surface area (Å²) in [5.74, 6) is 1.93. The van der Waals surface area contributed by atoms with Gasteiger partial charge in [-0.05, 0) is 57.7 Å². The van der Waals surface area contributed by atoms with Crippen LogP contribution in [0.5, 0.6) is 0 Å². The fraction of sp³-hybridized carbons (Fsp3) is 1.00. The van der Waals surface area contributed by atoms with E-state index in [-0.39, 0.29) is 0 Å². The Morgan fingerprint density at radius 1 is 1.38 bits per heavy atom. The molecule has 1 aliphatic heterocycles. The third-order valence-electron chi connectivity index (χ3n) is 3.84. The normalized spacial score (nSPS) is 31.6. The Kier molecular flexibility index (Phi) is 3.23. The Balaban J connectivity index is 1.75. The van der Waals surface area contributed by atoms with Gasteiger partial charge in [0.1, 0.15) is 0 Å². The molecule has 0 aromatic rings. The summed E-state index contributed by atoms with van der Waals surface area (Å²) >= 11 is 0. The zero-order valence-corrected chi connectivity index (χ0v) is 8.68. The molecule has 0 bridgehead atoms. The minimum absolute atomic E-state index is 0.804. The van der Waals surface area contributed by atoms with E-state index in [1.165, 1.54) is 45.2 Å². The largest absolute Gasteiger partial charge is 0.317 e. The molecule has 2 unspecified atom stereocenters. The van der Waals surface area contributed by atoms with Crippen LogP contribution in [0.1, 0.15) is 32.1 Å². The molecular formula is C11H22N2. The minimum atomic E-state index is 0.804. The van der Waals surface area contributed by atoms with Crippen LogP contribution in [0.2, 0.25) is 0 Å². The molecule has 0 amide bonds. The molecule has 2 aliphatic rings. The van der Waals surface area contributed by atoms with E-state index in [9.17, 15) is 0 Å². The second-order valence-electron chi connectivity index (χ2n) is 4.68. The standard InChI is InChI=1S/C11H22N2/c1-12-11(10-3-2-4-10)7-9-5-6-13-8-9/h9-13H,2-8H2,1H3. The van der Waals surface area contributed by atoms with Crippen molar-refractivity contribution in [1.82, 2.24) is 10.6 Å². The summed E-state index contributed by atoms with van der Waals surface area (Å²) in [7, 11) is 2.13. The molecule has 1 saturated heterocycles. The number of rotatable bonds is 4. The number of nitrogens with one attached hydrogen (secondary N) is 2. The van der Waals surface area contributed by atoms with E-state index in [2.05, 4.69) is 17.7 Å². The molecule has 0 spiro atoms. The Hall–Kier alpha value is -0.0800. The average Bonchev–Trinajstić information content (AvgIpc) is 2.52. The molecule has 0 radical (unpaired) electrons. The highest BCUT2D eigenvalue weighted by atomic mass is 14.9. The minimum Gasteiger partial charge on any atom is -0.317 e. The van der Waals surface area contributed by atoms with Crippen molar-refractivity contribution in [3.63, 3.8) is 0 Å². The Bertz CT molecular complexity index is 148. The SMILES string of the molecule is CNC(CC1CCNC1)C1CCC1. The molecule has 2 rings (SSSR count). The lowest BCUT2D eigenvalue weighted by Gasteiger charge is -2.35. The summed E-state index contributed by atoms with van der Waals surface area (Å²) in [6, 6.07) is 0.804. The Labute approximate surface area is 81.5 Å². The van der Waals surface area contributed by atoms with Crippen LogP contribution in [-0.2, 0) is 0 Å². The highest BCUT2D eigenvalue weighted by Gasteiger charge is 2.28. The van der Waals surface area contributed by atoms with E-state index in [0.29, 0.717) is 0 Å². The summed E-state index contributed by atoms with van der Waals surface area (Å²) in [4.78, 5) is 0. The lowest BCUT2D eigenvalue weighted by atomic mass is 9.76. The molecule has 13 heavy (non-hydrogen) atoms. The van der Waals surface area contributed by atoms with Gasteiger partial charge in [-0.25, -0.2) is 0 Å². The molecular weight excluding hydrogens is 160 g/mol. The van der Waals surface area contributed by atoms with Crippen LogP contribution in [0, 0.1) is 11.8 Å². The van der Waals surface area contributed by atoms with Gasteiger partial charge in [0.2, 0.25) is 0 Å². The number of hydrogen-bond acceptors (Lipinski definition) is 2. The Morgan fingerprint density at radius 3 is 2.69 bits per heavy atom. The van der Waals surface area contributed by atoms with Crippen LogP contribution in [0.3, 0.4) is 0 Å². The number of hydrogen-bond donors (Lipinski definition) is 2. The van der Waals surface area contributed by atoms with Crippen molar-refractivity contribution in [3.05, 3.63) is 0 Å². The van der Waals surface area contributed by atoms with Gasteiger partial charge in [0.05, 0.1) is 0 Å². The smallest absolute Gasteiger partial charge is 0.00954 e. The second-order valence-corrected chi connectivity index (χ2v) is 4.68. The maximum atomic E-state index is 3.50. The van der Waals surface area contributed by atoms with Crippen molar-refractivity contribution in [1.29, 1.82) is 0 Å². The predicted molar refractivity (Wildman–Crippen MR) is 55.8 cm³/mol. The van der Waals surface area contributed by atoms with Crippen LogP contribution in [0.25, 0.3) is 0 Å². The molecule has 2 nitrogen and oxygen atoms in total. The molecule has 2 N–H and O–H groups in total. The molecule has 76 valence electrons. The van der Waals surface area contributed by atoms with Gasteiger partial charge in [0.15, 0.2) is 0 Å². The van der Waals surface area contributed by atoms with Crippen LogP contribution in [-0.4, -0.2) is 26.2 Å². The summed E-state index contributed by atoms with van der Waals surface area (Å²) in [6.07, 6.45) is 7.18. The summed E-state index contributed by atoms with van der Waals surface area (Å²) < 4.78 is 0. The third kappa shape index (κ3) is 2.23. The molecule has 1 saturated carbocycles. The van der Waals surface area contributed by atoms with Gasteiger partial charge in [-0.2, -0.15) is 0 Å². The lowest BCUT2D eigenvalue weighted by molar-refractivity contribution is 0.210. The predicted octanol–water partition coefficient (Wildman–Crippen LogP) is 1.37. The van der Waals surface area contributed by atoms with Crippen molar-refractivity contribution in [2.24, 2.45) is 11.8 Å². The van der Waals surface area contributed by atoms with Crippen molar-refractivity contribution in [3.8, 4) is 0 Å². The van der Waals surface area contributed by atoms with Gasteiger partial charge >= 0.3 is 0 Å². The zero-order valence-electron chi connectivity index (χ0n) is 8.68. The van der Waals surface area contributed by atoms with Crippen molar-refractivity contribution in [2.75, 3.05) is 20.1 Å². The van der Waals surface area contributed by atoms with Gasteiger partial charge in [-0.1, -0.05) is 6.42 Å².